The van der Waals surface area contributed by atoms with Gasteiger partial charge in [0.15, 0.2) is 0 Å². The van der Waals surface area contributed by atoms with E-state index in [2.05, 4.69) is 20.6 Å². The average Bonchev–Trinajstić information content (AvgIpc) is 2.66. The van der Waals surface area contributed by atoms with Crippen molar-refractivity contribution in [2.45, 2.75) is 26.9 Å². The minimum atomic E-state index is -0.350. The fourth-order valence-electron chi connectivity index (χ4n) is 2.46. The predicted octanol–water partition coefficient (Wildman–Crippen LogP) is 5.22. The van der Waals surface area contributed by atoms with E-state index in [4.69, 9.17) is 16.3 Å². The Morgan fingerprint density at radius 3 is 2.68 bits per heavy atom. The van der Waals surface area contributed by atoms with Crippen LogP contribution in [0.25, 0.3) is 0 Å². The van der Waals surface area contributed by atoms with Gasteiger partial charge in [0.05, 0.1) is 11.8 Å². The molecular weight excluding hydrogens is 376 g/mol. The molecular formula is C21H21ClN4O2. The molecule has 0 bridgehead atoms. The molecule has 0 radical (unpaired) electrons. The molecule has 0 aliphatic rings. The first kappa shape index (κ1) is 19.6. The second-order valence-corrected chi connectivity index (χ2v) is 6.88. The first-order valence-electron chi connectivity index (χ1n) is 8.85. The van der Waals surface area contributed by atoms with Crippen molar-refractivity contribution in [1.29, 1.82) is 0 Å². The Balaban J connectivity index is 1.77. The highest BCUT2D eigenvalue weighted by atomic mass is 35.5. The second-order valence-electron chi connectivity index (χ2n) is 6.47. The third-order valence-electron chi connectivity index (χ3n) is 3.81. The first-order chi connectivity index (χ1) is 13.4. The molecule has 0 spiro atoms. The van der Waals surface area contributed by atoms with Gasteiger partial charge in [-0.05, 0) is 56.7 Å². The lowest BCUT2D eigenvalue weighted by molar-refractivity contribution is 0.102. The van der Waals surface area contributed by atoms with Gasteiger partial charge in [0.25, 0.3) is 5.91 Å². The van der Waals surface area contributed by atoms with Crippen molar-refractivity contribution in [3.8, 4) is 5.75 Å². The number of benzene rings is 2. The second kappa shape index (κ2) is 8.71. The predicted molar refractivity (Wildman–Crippen MR) is 112 cm³/mol. The third kappa shape index (κ3) is 4.98. The van der Waals surface area contributed by atoms with E-state index in [1.807, 2.05) is 51.1 Å². The van der Waals surface area contributed by atoms with Gasteiger partial charge < -0.3 is 15.4 Å². The van der Waals surface area contributed by atoms with Gasteiger partial charge >= 0.3 is 0 Å². The summed E-state index contributed by atoms with van der Waals surface area (Å²) in [7, 11) is 0. The standard InChI is InChI=1S/C21H21ClN4O2/c1-13(2)28-19-7-5-4-6-17(19)25-21-23-11-10-18(26-21)20(27)24-15-9-8-14(3)16(22)12-15/h4-13H,1-3H3,(H,24,27)(H,23,25,26). The van der Waals surface area contributed by atoms with Crippen LogP contribution in [-0.2, 0) is 0 Å². The number of nitrogens with one attached hydrogen (secondary N) is 2. The number of halogens is 1. The van der Waals surface area contributed by atoms with Gasteiger partial charge in [-0.2, -0.15) is 0 Å². The molecule has 0 saturated heterocycles. The summed E-state index contributed by atoms with van der Waals surface area (Å²) in [4.78, 5) is 21.0. The van der Waals surface area contributed by atoms with Crippen molar-refractivity contribution < 1.29 is 9.53 Å². The zero-order chi connectivity index (χ0) is 20.1. The van der Waals surface area contributed by atoms with Crippen LogP contribution in [-0.4, -0.2) is 22.0 Å². The van der Waals surface area contributed by atoms with E-state index in [0.29, 0.717) is 22.4 Å². The number of rotatable bonds is 6. The highest BCUT2D eigenvalue weighted by molar-refractivity contribution is 6.31. The van der Waals surface area contributed by atoms with Crippen molar-refractivity contribution in [2.24, 2.45) is 0 Å². The zero-order valence-electron chi connectivity index (χ0n) is 15.9. The maximum Gasteiger partial charge on any atom is 0.274 e. The maximum absolute atomic E-state index is 12.5. The number of hydrogen-bond acceptors (Lipinski definition) is 5. The number of amides is 1. The number of carbonyl (C=O) groups excluding carboxylic acids is 1. The number of para-hydroxylation sites is 2. The molecule has 2 aromatic carbocycles. The molecule has 0 atom stereocenters. The van der Waals surface area contributed by atoms with Gasteiger partial charge in [-0.15, -0.1) is 0 Å². The van der Waals surface area contributed by atoms with E-state index in [1.165, 1.54) is 6.20 Å². The van der Waals surface area contributed by atoms with E-state index in [1.54, 1.807) is 18.2 Å². The molecule has 7 heteroatoms. The Labute approximate surface area is 168 Å². The van der Waals surface area contributed by atoms with Crippen LogP contribution in [0, 0.1) is 6.92 Å². The van der Waals surface area contributed by atoms with E-state index < -0.39 is 0 Å². The quantitative estimate of drug-likeness (QED) is 0.597. The Bertz CT molecular complexity index is 992. The van der Waals surface area contributed by atoms with Crippen LogP contribution in [0.1, 0.15) is 29.9 Å². The molecule has 0 saturated carbocycles. The van der Waals surface area contributed by atoms with Crippen molar-refractivity contribution in [3.63, 3.8) is 0 Å². The summed E-state index contributed by atoms with van der Waals surface area (Å²) >= 11 is 6.11. The Morgan fingerprint density at radius 2 is 1.93 bits per heavy atom. The van der Waals surface area contributed by atoms with Gasteiger partial charge in [0, 0.05) is 16.9 Å². The van der Waals surface area contributed by atoms with Crippen LogP contribution in [0.15, 0.2) is 54.7 Å². The molecule has 0 unspecified atom stereocenters. The third-order valence-corrected chi connectivity index (χ3v) is 4.22. The smallest absolute Gasteiger partial charge is 0.274 e. The summed E-state index contributed by atoms with van der Waals surface area (Å²) in [6.07, 6.45) is 1.56. The highest BCUT2D eigenvalue weighted by Crippen LogP contribution is 2.27. The highest BCUT2D eigenvalue weighted by Gasteiger charge is 2.12. The summed E-state index contributed by atoms with van der Waals surface area (Å²) in [6.45, 7) is 5.81. The Morgan fingerprint density at radius 1 is 1.14 bits per heavy atom. The normalized spacial score (nSPS) is 10.6. The van der Waals surface area contributed by atoms with E-state index in [0.717, 1.165) is 11.3 Å². The summed E-state index contributed by atoms with van der Waals surface area (Å²) in [5, 5.41) is 6.48. The van der Waals surface area contributed by atoms with Crippen LogP contribution in [0.4, 0.5) is 17.3 Å². The van der Waals surface area contributed by atoms with Crippen molar-refractivity contribution in [2.75, 3.05) is 10.6 Å². The SMILES string of the molecule is Cc1ccc(NC(=O)c2ccnc(Nc3ccccc3OC(C)C)n2)cc1Cl. The van der Waals surface area contributed by atoms with Gasteiger partial charge in [-0.3, -0.25) is 4.79 Å². The van der Waals surface area contributed by atoms with Crippen LogP contribution < -0.4 is 15.4 Å². The molecule has 0 fully saturated rings. The lowest BCUT2D eigenvalue weighted by Gasteiger charge is -2.14. The van der Waals surface area contributed by atoms with Gasteiger partial charge in [-0.1, -0.05) is 29.8 Å². The van der Waals surface area contributed by atoms with E-state index >= 15 is 0 Å². The molecule has 144 valence electrons. The molecule has 28 heavy (non-hydrogen) atoms. The maximum atomic E-state index is 12.5. The number of hydrogen-bond donors (Lipinski definition) is 2. The van der Waals surface area contributed by atoms with Crippen molar-refractivity contribution in [1.82, 2.24) is 9.97 Å². The first-order valence-corrected chi connectivity index (χ1v) is 9.23. The summed E-state index contributed by atoms with van der Waals surface area (Å²) in [5.74, 6) is 0.636. The summed E-state index contributed by atoms with van der Waals surface area (Å²) < 4.78 is 5.79. The van der Waals surface area contributed by atoms with Gasteiger partial charge in [-0.25, -0.2) is 9.97 Å². The number of aryl methyl sites for hydroxylation is 1. The monoisotopic (exact) mass is 396 g/mol. The lowest BCUT2D eigenvalue weighted by atomic mass is 10.2. The number of ether oxygens (including phenoxy) is 1. The van der Waals surface area contributed by atoms with Crippen molar-refractivity contribution >= 4 is 34.8 Å². The topological polar surface area (TPSA) is 76.1 Å². The number of carbonyl (C=O) groups is 1. The summed E-state index contributed by atoms with van der Waals surface area (Å²) in [6, 6.07) is 14.4. The molecule has 2 N–H and O–H groups in total. The Kier molecular flexibility index (Phi) is 6.11. The zero-order valence-corrected chi connectivity index (χ0v) is 16.6. The number of nitrogens with zero attached hydrogens (tertiary/aromatic N) is 2. The van der Waals surface area contributed by atoms with Crippen molar-refractivity contribution in [3.05, 3.63) is 71.0 Å². The van der Waals surface area contributed by atoms with Crippen LogP contribution in [0.5, 0.6) is 5.75 Å². The molecule has 3 rings (SSSR count). The van der Waals surface area contributed by atoms with Gasteiger partial charge in [0.1, 0.15) is 11.4 Å². The Hall–Kier alpha value is -3.12. The van der Waals surface area contributed by atoms with Crippen LogP contribution in [0.2, 0.25) is 5.02 Å². The number of aromatic nitrogens is 2. The fourth-order valence-corrected chi connectivity index (χ4v) is 2.64. The molecule has 1 aromatic heterocycles. The minimum Gasteiger partial charge on any atom is -0.489 e. The summed E-state index contributed by atoms with van der Waals surface area (Å²) in [5.41, 5.74) is 2.50. The van der Waals surface area contributed by atoms with E-state index in [-0.39, 0.29) is 17.7 Å². The van der Waals surface area contributed by atoms with Crippen LogP contribution in [0.3, 0.4) is 0 Å². The molecule has 1 amide bonds. The largest absolute Gasteiger partial charge is 0.489 e. The van der Waals surface area contributed by atoms with Gasteiger partial charge in [0.2, 0.25) is 5.95 Å². The minimum absolute atomic E-state index is 0.0299. The lowest BCUT2D eigenvalue weighted by Crippen LogP contribution is -2.15. The van der Waals surface area contributed by atoms with E-state index in [9.17, 15) is 4.79 Å². The average molecular weight is 397 g/mol. The van der Waals surface area contributed by atoms with Crippen LogP contribution >= 0.6 is 11.6 Å². The number of anilines is 3. The molecule has 0 aliphatic carbocycles. The molecule has 0 aliphatic heterocycles. The molecule has 1 heterocycles. The molecule has 6 nitrogen and oxygen atoms in total. The molecule has 3 aromatic rings. The fraction of sp³-hybridized carbons (Fsp3) is 0.190.